The summed E-state index contributed by atoms with van der Waals surface area (Å²) in [5, 5.41) is 0.517. The molecule has 120 valence electrons. The number of para-hydroxylation sites is 1. The Morgan fingerprint density at radius 3 is 2.83 bits per heavy atom. The first-order valence-electron chi connectivity index (χ1n) is 7.24. The van der Waals surface area contributed by atoms with Gasteiger partial charge in [0.25, 0.3) is 5.91 Å². The van der Waals surface area contributed by atoms with Crippen molar-refractivity contribution in [3.8, 4) is 0 Å². The van der Waals surface area contributed by atoms with Crippen molar-refractivity contribution in [1.82, 2.24) is 9.88 Å². The van der Waals surface area contributed by atoms with Gasteiger partial charge < -0.3 is 14.2 Å². The van der Waals surface area contributed by atoms with E-state index in [9.17, 15) is 9.59 Å². The molecule has 1 aliphatic rings. The summed E-state index contributed by atoms with van der Waals surface area (Å²) in [6, 6.07) is 6.65. The van der Waals surface area contributed by atoms with Gasteiger partial charge in [-0.05, 0) is 25.5 Å². The standard InChI is InChI=1S/C16H16ClN3O3/c1-10-14(18-9-23-10)16(22)19(2)13-7-8-20(15(13)21)12-6-4-3-5-11(12)17/h3-6,9,13H,7-8H2,1-2H3/t13-/m1/s1. The number of halogens is 1. The van der Waals surface area contributed by atoms with Crippen molar-refractivity contribution in [1.29, 1.82) is 0 Å². The van der Waals surface area contributed by atoms with Crippen molar-refractivity contribution >= 4 is 29.1 Å². The molecule has 7 heteroatoms. The molecular formula is C16H16ClN3O3. The Hall–Kier alpha value is -2.34. The van der Waals surface area contributed by atoms with Crippen molar-refractivity contribution in [3.05, 3.63) is 47.1 Å². The molecule has 2 heterocycles. The number of aromatic nitrogens is 1. The lowest BCUT2D eigenvalue weighted by Gasteiger charge is -2.23. The van der Waals surface area contributed by atoms with Crippen LogP contribution in [0.2, 0.25) is 5.02 Å². The SMILES string of the molecule is Cc1ocnc1C(=O)N(C)[C@@H]1CCN(c2ccccc2Cl)C1=O. The van der Waals surface area contributed by atoms with Crippen LogP contribution in [-0.4, -0.2) is 41.3 Å². The van der Waals surface area contributed by atoms with Crippen LogP contribution in [0.3, 0.4) is 0 Å². The molecule has 0 saturated carbocycles. The maximum absolute atomic E-state index is 12.7. The van der Waals surface area contributed by atoms with Gasteiger partial charge in [0.1, 0.15) is 11.8 Å². The first kappa shape index (κ1) is 15.6. The lowest BCUT2D eigenvalue weighted by Crippen LogP contribution is -2.43. The normalized spacial score (nSPS) is 17.6. The fourth-order valence-electron chi connectivity index (χ4n) is 2.75. The van der Waals surface area contributed by atoms with Gasteiger partial charge >= 0.3 is 0 Å². The molecule has 3 rings (SSSR count). The van der Waals surface area contributed by atoms with Gasteiger partial charge in [-0.25, -0.2) is 4.98 Å². The topological polar surface area (TPSA) is 66.7 Å². The van der Waals surface area contributed by atoms with Crippen molar-refractivity contribution in [2.24, 2.45) is 0 Å². The number of nitrogens with zero attached hydrogens (tertiary/aromatic N) is 3. The van der Waals surface area contributed by atoms with Crippen molar-refractivity contribution in [2.75, 3.05) is 18.5 Å². The Labute approximate surface area is 138 Å². The van der Waals surface area contributed by atoms with Crippen LogP contribution in [0.15, 0.2) is 35.1 Å². The molecule has 1 aromatic carbocycles. The number of aryl methyl sites for hydroxylation is 1. The first-order valence-corrected chi connectivity index (χ1v) is 7.61. The fourth-order valence-corrected chi connectivity index (χ4v) is 2.99. The fraction of sp³-hybridized carbons (Fsp3) is 0.312. The van der Waals surface area contributed by atoms with Crippen molar-refractivity contribution in [2.45, 2.75) is 19.4 Å². The van der Waals surface area contributed by atoms with E-state index in [2.05, 4.69) is 4.98 Å². The van der Waals surface area contributed by atoms with E-state index in [1.807, 2.05) is 12.1 Å². The first-order chi connectivity index (χ1) is 11.0. The summed E-state index contributed by atoms with van der Waals surface area (Å²) in [7, 11) is 1.61. The second-order valence-corrected chi connectivity index (χ2v) is 5.83. The summed E-state index contributed by atoms with van der Waals surface area (Å²) in [4.78, 5) is 32.1. The number of hydrogen-bond donors (Lipinski definition) is 0. The smallest absolute Gasteiger partial charge is 0.276 e. The molecule has 1 aromatic heterocycles. The van der Waals surface area contributed by atoms with Crippen LogP contribution in [0.4, 0.5) is 5.69 Å². The molecule has 2 amide bonds. The summed E-state index contributed by atoms with van der Waals surface area (Å²) >= 11 is 6.16. The maximum atomic E-state index is 12.7. The largest absolute Gasteiger partial charge is 0.448 e. The third-order valence-electron chi connectivity index (χ3n) is 4.06. The van der Waals surface area contributed by atoms with E-state index in [1.54, 1.807) is 31.0 Å². The highest BCUT2D eigenvalue weighted by Crippen LogP contribution is 2.30. The van der Waals surface area contributed by atoms with E-state index < -0.39 is 6.04 Å². The minimum atomic E-state index is -0.533. The van der Waals surface area contributed by atoms with Gasteiger partial charge in [0.2, 0.25) is 5.91 Å². The molecule has 23 heavy (non-hydrogen) atoms. The monoisotopic (exact) mass is 333 g/mol. The summed E-state index contributed by atoms with van der Waals surface area (Å²) in [6.07, 6.45) is 1.77. The average molecular weight is 334 g/mol. The Kier molecular flexibility index (Phi) is 4.09. The number of likely N-dealkylation sites (N-methyl/N-ethyl adjacent to an activating group) is 1. The van der Waals surface area contributed by atoms with Gasteiger partial charge in [-0.2, -0.15) is 0 Å². The maximum Gasteiger partial charge on any atom is 0.276 e. The van der Waals surface area contributed by atoms with Crippen molar-refractivity contribution < 1.29 is 14.0 Å². The van der Waals surface area contributed by atoms with Crippen LogP contribution < -0.4 is 4.90 Å². The number of carbonyl (C=O) groups is 2. The molecule has 0 aliphatic carbocycles. The van der Waals surface area contributed by atoms with Crippen LogP contribution in [0.1, 0.15) is 22.7 Å². The van der Waals surface area contributed by atoms with Gasteiger partial charge in [0, 0.05) is 13.6 Å². The molecule has 1 saturated heterocycles. The van der Waals surface area contributed by atoms with Crippen LogP contribution in [0.5, 0.6) is 0 Å². The van der Waals surface area contributed by atoms with Gasteiger partial charge in [-0.3, -0.25) is 9.59 Å². The Bertz CT molecular complexity index is 759. The number of rotatable bonds is 3. The number of anilines is 1. The van der Waals surface area contributed by atoms with Crippen LogP contribution in [-0.2, 0) is 4.79 Å². The molecule has 6 nitrogen and oxygen atoms in total. The zero-order chi connectivity index (χ0) is 16.6. The molecule has 0 bridgehead atoms. The molecule has 0 radical (unpaired) electrons. The average Bonchev–Trinajstić information content (AvgIpc) is 3.12. The second-order valence-electron chi connectivity index (χ2n) is 5.42. The van der Waals surface area contributed by atoms with Crippen LogP contribution in [0.25, 0.3) is 0 Å². The Morgan fingerprint density at radius 2 is 2.17 bits per heavy atom. The molecule has 0 spiro atoms. The van der Waals surface area contributed by atoms with E-state index in [1.165, 1.54) is 11.3 Å². The zero-order valence-electron chi connectivity index (χ0n) is 12.8. The highest BCUT2D eigenvalue weighted by molar-refractivity contribution is 6.34. The van der Waals surface area contributed by atoms with E-state index in [4.69, 9.17) is 16.0 Å². The third-order valence-corrected chi connectivity index (χ3v) is 4.38. The highest BCUT2D eigenvalue weighted by Gasteiger charge is 2.38. The van der Waals surface area contributed by atoms with Gasteiger partial charge in [-0.1, -0.05) is 23.7 Å². The van der Waals surface area contributed by atoms with Gasteiger partial charge in [0.05, 0.1) is 10.7 Å². The van der Waals surface area contributed by atoms with Crippen molar-refractivity contribution in [3.63, 3.8) is 0 Å². The summed E-state index contributed by atoms with van der Waals surface area (Å²) in [6.45, 7) is 2.18. The van der Waals surface area contributed by atoms with E-state index in [0.29, 0.717) is 29.4 Å². The predicted octanol–water partition coefficient (Wildman–Crippen LogP) is 2.51. The summed E-state index contributed by atoms with van der Waals surface area (Å²) in [5.74, 6) is -0.0269. The van der Waals surface area contributed by atoms with E-state index in [-0.39, 0.29) is 17.5 Å². The quantitative estimate of drug-likeness (QED) is 0.865. The van der Waals surface area contributed by atoms with Crippen LogP contribution in [0, 0.1) is 6.92 Å². The molecule has 1 aliphatic heterocycles. The number of amides is 2. The number of hydrogen-bond acceptors (Lipinski definition) is 4. The van der Waals surface area contributed by atoms with Gasteiger partial charge in [-0.15, -0.1) is 0 Å². The minimum Gasteiger partial charge on any atom is -0.448 e. The van der Waals surface area contributed by atoms with E-state index >= 15 is 0 Å². The Balaban J connectivity index is 1.80. The summed E-state index contributed by atoms with van der Waals surface area (Å²) < 4.78 is 5.06. The lowest BCUT2D eigenvalue weighted by molar-refractivity contribution is -0.120. The molecule has 0 N–H and O–H groups in total. The second kappa shape index (κ2) is 6.04. The predicted molar refractivity (Wildman–Crippen MR) is 85.5 cm³/mol. The minimum absolute atomic E-state index is 0.143. The van der Waals surface area contributed by atoms with Gasteiger partial charge in [0.15, 0.2) is 12.1 Å². The number of carbonyl (C=O) groups excluding carboxylic acids is 2. The molecule has 1 fully saturated rings. The highest BCUT2D eigenvalue weighted by atomic mass is 35.5. The summed E-state index contributed by atoms with van der Waals surface area (Å²) in [5.41, 5.74) is 0.900. The molecule has 0 unspecified atom stereocenters. The molecule has 2 aromatic rings. The number of oxazole rings is 1. The van der Waals surface area contributed by atoms with Crippen LogP contribution >= 0.6 is 11.6 Å². The van der Waals surface area contributed by atoms with E-state index in [0.717, 1.165) is 0 Å². The number of benzene rings is 1. The molecular weight excluding hydrogens is 318 g/mol. The lowest BCUT2D eigenvalue weighted by atomic mass is 10.2. The zero-order valence-corrected chi connectivity index (χ0v) is 13.6. The third kappa shape index (κ3) is 2.70. The molecule has 1 atom stereocenters. The Morgan fingerprint density at radius 1 is 1.43 bits per heavy atom.